The van der Waals surface area contributed by atoms with Crippen LogP contribution in [0.4, 0.5) is 10.1 Å². The molecule has 2 amide bonds. The smallest absolute Gasteiger partial charge is 0.251 e. The summed E-state index contributed by atoms with van der Waals surface area (Å²) in [6.07, 6.45) is 7.95. The summed E-state index contributed by atoms with van der Waals surface area (Å²) in [7, 11) is 0. The van der Waals surface area contributed by atoms with Gasteiger partial charge in [-0.25, -0.2) is 9.37 Å². The molecular weight excluding hydrogens is 625 g/mol. The maximum absolute atomic E-state index is 14.6. The van der Waals surface area contributed by atoms with Gasteiger partial charge in [-0.05, 0) is 81.7 Å². The number of hydrogen-bond donors (Lipinski definition) is 4. The van der Waals surface area contributed by atoms with Gasteiger partial charge in [0.15, 0.2) is 0 Å². The van der Waals surface area contributed by atoms with E-state index in [4.69, 9.17) is 37.5 Å². The first-order valence-corrected chi connectivity index (χ1v) is 16.4. The average molecular weight is 662 g/mol. The standard InChI is InChI=1S/C35H37ClFN5O5/c1-34(33(39)44)17-46-31-24(34)14-28(42-30(31)18-5-10-25(36)26(37)12-18)35(45,21-3-2-4-21)16-41-32(43)19-11-20(15-40-22-6-7-22)29(38)27(13-19)47-23-8-9-23/h5,10-15,21-23,45H,2-4,6-9,16-17,38H2,1H3,(H2,39,44)(H,41,43)/t34-,35+/m0/s1. The van der Waals surface area contributed by atoms with Crippen LogP contribution in [0.15, 0.2) is 41.4 Å². The zero-order valence-electron chi connectivity index (χ0n) is 26.0. The number of nitrogen functional groups attached to an aromatic ring is 1. The van der Waals surface area contributed by atoms with E-state index >= 15 is 0 Å². The molecule has 3 aromatic rings. The fraction of sp³-hybridized carbons (Fsp3) is 0.429. The molecule has 0 saturated heterocycles. The fourth-order valence-corrected chi connectivity index (χ4v) is 6.17. The van der Waals surface area contributed by atoms with E-state index in [1.807, 2.05) is 0 Å². The Morgan fingerprint density at radius 2 is 1.98 bits per heavy atom. The predicted molar refractivity (Wildman–Crippen MR) is 175 cm³/mol. The van der Waals surface area contributed by atoms with Gasteiger partial charge in [-0.3, -0.25) is 14.6 Å². The van der Waals surface area contributed by atoms with Crippen LogP contribution in [0.3, 0.4) is 0 Å². The zero-order chi connectivity index (χ0) is 33.1. The summed E-state index contributed by atoms with van der Waals surface area (Å²) in [4.78, 5) is 35.8. The number of anilines is 1. The van der Waals surface area contributed by atoms with Crippen LogP contribution in [-0.4, -0.2) is 53.4 Å². The van der Waals surface area contributed by atoms with Crippen LogP contribution in [-0.2, 0) is 15.8 Å². The topological polar surface area (TPSA) is 162 Å². The van der Waals surface area contributed by atoms with Gasteiger partial charge in [0, 0.05) is 28.5 Å². The van der Waals surface area contributed by atoms with Crippen molar-refractivity contribution in [2.45, 2.75) is 75.0 Å². The lowest BCUT2D eigenvalue weighted by molar-refractivity contribution is -0.123. The van der Waals surface area contributed by atoms with Crippen LogP contribution in [0.1, 0.15) is 79.0 Å². The molecule has 1 aliphatic heterocycles. The molecule has 4 aliphatic rings. The molecule has 2 heterocycles. The van der Waals surface area contributed by atoms with Crippen molar-refractivity contribution in [2.24, 2.45) is 16.6 Å². The summed E-state index contributed by atoms with van der Waals surface area (Å²) in [6, 6.07) is 9.43. The van der Waals surface area contributed by atoms with Gasteiger partial charge in [0.2, 0.25) is 5.91 Å². The van der Waals surface area contributed by atoms with Crippen molar-refractivity contribution >= 4 is 35.3 Å². The number of rotatable bonds is 11. The Kier molecular flexibility index (Phi) is 7.87. The molecule has 7 rings (SSSR count). The Hall–Kier alpha value is -4.22. The molecule has 0 unspecified atom stereocenters. The number of fused-ring (bicyclic) bond motifs is 1. The second-order valence-electron chi connectivity index (χ2n) is 13.4. The largest absolute Gasteiger partial charge is 0.489 e. The zero-order valence-corrected chi connectivity index (χ0v) is 26.8. The van der Waals surface area contributed by atoms with Gasteiger partial charge in [0.05, 0.1) is 35.1 Å². The number of carbonyl (C=O) groups is 2. The number of halogens is 2. The van der Waals surface area contributed by atoms with E-state index in [9.17, 15) is 19.1 Å². The Morgan fingerprint density at radius 1 is 1.21 bits per heavy atom. The molecule has 12 heteroatoms. The van der Waals surface area contributed by atoms with Crippen molar-refractivity contribution in [3.8, 4) is 22.8 Å². The lowest BCUT2D eigenvalue weighted by Gasteiger charge is -2.41. The molecule has 2 aromatic carbocycles. The number of nitrogens with zero attached hydrogens (tertiary/aromatic N) is 2. The van der Waals surface area contributed by atoms with E-state index in [-0.39, 0.29) is 53.4 Å². The minimum Gasteiger partial charge on any atom is -0.489 e. The summed E-state index contributed by atoms with van der Waals surface area (Å²) in [5, 5.41) is 15.3. The highest BCUT2D eigenvalue weighted by Gasteiger charge is 2.48. The summed E-state index contributed by atoms with van der Waals surface area (Å²) in [6.45, 7) is 1.44. The molecule has 246 valence electrons. The summed E-state index contributed by atoms with van der Waals surface area (Å²) >= 11 is 5.97. The monoisotopic (exact) mass is 661 g/mol. The van der Waals surface area contributed by atoms with Crippen molar-refractivity contribution in [2.75, 3.05) is 18.9 Å². The second-order valence-corrected chi connectivity index (χ2v) is 13.8. The van der Waals surface area contributed by atoms with Gasteiger partial charge >= 0.3 is 0 Å². The number of nitrogens with two attached hydrogens (primary N) is 2. The maximum atomic E-state index is 14.6. The Bertz CT molecular complexity index is 1810. The number of aromatic nitrogens is 1. The summed E-state index contributed by atoms with van der Waals surface area (Å²) in [5.74, 6) is -1.24. The minimum absolute atomic E-state index is 0.0424. The Labute approximate surface area is 276 Å². The molecule has 1 aromatic heterocycles. The molecule has 6 N–H and O–H groups in total. The number of pyridine rings is 1. The number of nitrogens with one attached hydrogen (secondary N) is 1. The van der Waals surface area contributed by atoms with Gasteiger partial charge in [-0.15, -0.1) is 0 Å². The average Bonchev–Trinajstić information content (AvgIpc) is 3.96. The number of carbonyl (C=O) groups excluding carboxylic acids is 2. The van der Waals surface area contributed by atoms with E-state index in [1.165, 1.54) is 12.1 Å². The number of primary amides is 1. The summed E-state index contributed by atoms with van der Waals surface area (Å²) < 4.78 is 26.6. The lowest BCUT2D eigenvalue weighted by atomic mass is 9.70. The van der Waals surface area contributed by atoms with Crippen molar-refractivity contribution in [3.05, 3.63) is 69.6 Å². The summed E-state index contributed by atoms with van der Waals surface area (Å²) in [5.41, 5.74) is 12.0. The third-order valence-electron chi connectivity index (χ3n) is 9.78. The predicted octanol–water partition coefficient (Wildman–Crippen LogP) is 4.80. The first kappa shape index (κ1) is 31.4. The van der Waals surface area contributed by atoms with E-state index in [0.29, 0.717) is 46.5 Å². The number of amides is 2. The van der Waals surface area contributed by atoms with Crippen molar-refractivity contribution in [3.63, 3.8) is 0 Å². The molecule has 0 spiro atoms. The Morgan fingerprint density at radius 3 is 2.62 bits per heavy atom. The molecule has 47 heavy (non-hydrogen) atoms. The van der Waals surface area contributed by atoms with Gasteiger partial charge in [0.1, 0.15) is 40.6 Å². The normalized spacial score (nSPS) is 21.9. The number of hydrogen-bond acceptors (Lipinski definition) is 8. The van der Waals surface area contributed by atoms with Gasteiger partial charge in [-0.1, -0.05) is 24.1 Å². The van der Waals surface area contributed by atoms with E-state index in [2.05, 4.69) is 10.3 Å². The third kappa shape index (κ3) is 5.91. The molecule has 2 atom stereocenters. The third-order valence-corrected chi connectivity index (χ3v) is 10.1. The molecule has 0 radical (unpaired) electrons. The van der Waals surface area contributed by atoms with Crippen molar-refractivity contribution < 1.29 is 28.6 Å². The van der Waals surface area contributed by atoms with E-state index in [0.717, 1.165) is 32.1 Å². The molecular formula is C35H37ClFN5O5. The van der Waals surface area contributed by atoms with Crippen LogP contribution in [0.2, 0.25) is 5.02 Å². The van der Waals surface area contributed by atoms with Crippen molar-refractivity contribution in [1.29, 1.82) is 0 Å². The first-order chi connectivity index (χ1) is 22.5. The number of aliphatic hydroxyl groups is 1. The van der Waals surface area contributed by atoms with E-state index < -0.39 is 28.6 Å². The van der Waals surface area contributed by atoms with Gasteiger partial charge < -0.3 is 31.4 Å². The minimum atomic E-state index is -1.64. The number of benzene rings is 2. The highest BCUT2D eigenvalue weighted by molar-refractivity contribution is 6.30. The van der Waals surface area contributed by atoms with Crippen LogP contribution < -0.4 is 26.3 Å². The van der Waals surface area contributed by atoms with Crippen LogP contribution >= 0.6 is 11.6 Å². The molecule has 10 nitrogen and oxygen atoms in total. The number of ether oxygens (including phenoxy) is 2. The molecule has 0 bridgehead atoms. The van der Waals surface area contributed by atoms with Gasteiger partial charge in [-0.2, -0.15) is 0 Å². The molecule has 3 fully saturated rings. The molecule has 3 aliphatic carbocycles. The quantitative estimate of drug-likeness (QED) is 0.169. The molecule has 3 saturated carbocycles. The lowest BCUT2D eigenvalue weighted by Crippen LogP contribution is -2.49. The van der Waals surface area contributed by atoms with Crippen LogP contribution in [0, 0.1) is 11.7 Å². The van der Waals surface area contributed by atoms with E-state index in [1.54, 1.807) is 37.4 Å². The fourth-order valence-electron chi connectivity index (χ4n) is 6.05. The van der Waals surface area contributed by atoms with Crippen molar-refractivity contribution in [1.82, 2.24) is 10.3 Å². The number of aliphatic imine (C=N–C) groups is 1. The highest BCUT2D eigenvalue weighted by atomic mass is 35.5. The maximum Gasteiger partial charge on any atom is 0.251 e. The van der Waals surface area contributed by atoms with Crippen LogP contribution in [0.25, 0.3) is 11.3 Å². The van der Waals surface area contributed by atoms with Gasteiger partial charge in [0.25, 0.3) is 5.91 Å². The SMILES string of the molecule is C[C@]1(C(N)=O)COc2c1cc([C@@](O)(CNC(=O)c1cc(C=NC3CC3)c(N)c(OC3CC3)c1)C1CCC1)nc2-c1ccc(Cl)c(F)c1. The second kappa shape index (κ2) is 11.8. The highest BCUT2D eigenvalue weighted by Crippen LogP contribution is 2.49. The first-order valence-electron chi connectivity index (χ1n) is 16.0. The van der Waals surface area contributed by atoms with Crippen LogP contribution in [0.5, 0.6) is 11.5 Å². The Balaban J connectivity index is 1.25.